The number of pyridine rings is 1. The van der Waals surface area contributed by atoms with Gasteiger partial charge in [0, 0.05) is 16.0 Å². The van der Waals surface area contributed by atoms with Crippen LogP contribution < -0.4 is 4.74 Å². The van der Waals surface area contributed by atoms with E-state index < -0.39 is 5.97 Å². The Balaban J connectivity index is 0.000000423. The highest BCUT2D eigenvalue weighted by atomic mass is 35.5. The van der Waals surface area contributed by atoms with Crippen LogP contribution in [0.4, 0.5) is 0 Å². The maximum absolute atomic E-state index is 11.7. The fourth-order valence-electron chi connectivity index (χ4n) is 3.22. The summed E-state index contributed by atoms with van der Waals surface area (Å²) in [7, 11) is 0. The van der Waals surface area contributed by atoms with E-state index >= 15 is 0 Å². The van der Waals surface area contributed by atoms with E-state index in [0.29, 0.717) is 33.8 Å². The van der Waals surface area contributed by atoms with Gasteiger partial charge in [0.05, 0.1) is 6.61 Å². The van der Waals surface area contributed by atoms with Gasteiger partial charge in [-0.05, 0) is 44.8 Å². The second-order valence-electron chi connectivity index (χ2n) is 6.70. The molecule has 0 bridgehead atoms. The van der Waals surface area contributed by atoms with Gasteiger partial charge in [-0.2, -0.15) is 0 Å². The number of halogens is 1. The number of aromatic nitrogens is 1. The smallest absolute Gasteiger partial charge is 0.340 e. The Labute approximate surface area is 188 Å². The van der Waals surface area contributed by atoms with Crippen LogP contribution in [-0.4, -0.2) is 52.3 Å². The summed E-state index contributed by atoms with van der Waals surface area (Å²) in [5.41, 5.74) is 0.919. The van der Waals surface area contributed by atoms with Gasteiger partial charge >= 0.3 is 5.97 Å². The van der Waals surface area contributed by atoms with E-state index in [4.69, 9.17) is 16.3 Å². The lowest BCUT2D eigenvalue weighted by atomic mass is 10.0. The van der Waals surface area contributed by atoms with Crippen molar-refractivity contribution < 1.29 is 19.7 Å². The van der Waals surface area contributed by atoms with Crippen molar-refractivity contribution in [3.05, 3.63) is 53.1 Å². The van der Waals surface area contributed by atoms with E-state index in [-0.39, 0.29) is 17.0 Å². The third kappa shape index (κ3) is 5.87. The molecule has 0 amide bonds. The van der Waals surface area contributed by atoms with Crippen molar-refractivity contribution in [2.75, 3.05) is 26.2 Å². The number of aromatic carboxylic acids is 1. The predicted molar refractivity (Wildman–Crippen MR) is 125 cm³/mol. The average Bonchev–Trinajstić information content (AvgIpc) is 2.76. The lowest BCUT2D eigenvalue weighted by molar-refractivity contribution is 0.0696. The molecule has 3 rings (SSSR count). The number of nitrogens with zero attached hydrogens (tertiary/aromatic N) is 2. The number of hydrogen-bond acceptors (Lipinski definition) is 5. The lowest BCUT2D eigenvalue weighted by Crippen LogP contribution is -2.21. The minimum atomic E-state index is -1.23. The molecule has 7 heteroatoms. The Morgan fingerprint density at radius 2 is 1.65 bits per heavy atom. The molecule has 0 saturated heterocycles. The Hall–Kier alpha value is -2.83. The molecule has 0 spiro atoms. The molecule has 2 N–H and O–H groups in total. The number of carboxylic acids is 1. The van der Waals surface area contributed by atoms with Gasteiger partial charge in [0.15, 0.2) is 5.75 Å². The number of hydrogen-bond donors (Lipinski definition) is 2. The van der Waals surface area contributed by atoms with Crippen molar-refractivity contribution in [1.82, 2.24) is 9.88 Å². The van der Waals surface area contributed by atoms with Crippen LogP contribution in [0, 0.1) is 0 Å². The van der Waals surface area contributed by atoms with Crippen LogP contribution in [0.2, 0.25) is 5.02 Å². The average molecular weight is 445 g/mol. The summed E-state index contributed by atoms with van der Waals surface area (Å²) >= 11 is 5.89. The van der Waals surface area contributed by atoms with E-state index in [2.05, 4.69) is 30.7 Å². The van der Waals surface area contributed by atoms with Crippen molar-refractivity contribution >= 4 is 28.5 Å². The fourth-order valence-corrected chi connectivity index (χ4v) is 3.34. The number of rotatable bonds is 7. The summed E-state index contributed by atoms with van der Waals surface area (Å²) in [6.07, 6.45) is 0. The lowest BCUT2D eigenvalue weighted by Gasteiger charge is -2.13. The Morgan fingerprint density at radius 1 is 1.03 bits per heavy atom. The number of ether oxygens (including phenoxy) is 1. The monoisotopic (exact) mass is 444 g/mol. The van der Waals surface area contributed by atoms with Crippen LogP contribution in [0.25, 0.3) is 22.2 Å². The molecule has 3 aromatic rings. The van der Waals surface area contributed by atoms with Crippen molar-refractivity contribution in [1.29, 1.82) is 0 Å². The molecule has 1 aromatic heterocycles. The summed E-state index contributed by atoms with van der Waals surface area (Å²) in [5.74, 6) is -1.15. The molecular weight excluding hydrogens is 416 g/mol. The Kier molecular flexibility index (Phi) is 9.09. The second kappa shape index (κ2) is 11.5. The van der Waals surface area contributed by atoms with Crippen molar-refractivity contribution in [3.63, 3.8) is 0 Å². The fraction of sp³-hybridized carbons (Fsp3) is 0.333. The molecular formula is C24H29ClN2O4. The zero-order valence-corrected chi connectivity index (χ0v) is 19.1. The molecule has 166 valence electrons. The van der Waals surface area contributed by atoms with Crippen LogP contribution in [0.15, 0.2) is 42.5 Å². The summed E-state index contributed by atoms with van der Waals surface area (Å²) in [4.78, 5) is 18.5. The quantitative estimate of drug-likeness (QED) is 0.486. The molecule has 0 radical (unpaired) electrons. The first kappa shape index (κ1) is 24.4. The van der Waals surface area contributed by atoms with E-state index in [0.717, 1.165) is 0 Å². The van der Waals surface area contributed by atoms with Crippen molar-refractivity contribution in [2.45, 2.75) is 27.7 Å². The van der Waals surface area contributed by atoms with E-state index in [9.17, 15) is 15.0 Å². The highest BCUT2D eigenvalue weighted by molar-refractivity contribution is 6.30. The van der Waals surface area contributed by atoms with E-state index in [1.165, 1.54) is 19.6 Å². The van der Waals surface area contributed by atoms with Gasteiger partial charge in [0.25, 0.3) is 0 Å². The molecule has 0 unspecified atom stereocenters. The summed E-state index contributed by atoms with van der Waals surface area (Å²) < 4.78 is 5.55. The van der Waals surface area contributed by atoms with E-state index in [1.807, 2.05) is 6.92 Å². The topological polar surface area (TPSA) is 82.9 Å². The van der Waals surface area contributed by atoms with Gasteiger partial charge in [0.2, 0.25) is 0 Å². The summed E-state index contributed by atoms with van der Waals surface area (Å²) in [5, 5.41) is 20.9. The predicted octanol–water partition coefficient (Wildman–Crippen LogP) is 5.71. The van der Waals surface area contributed by atoms with Crippen LogP contribution in [0.1, 0.15) is 38.1 Å². The van der Waals surface area contributed by atoms with Gasteiger partial charge in [-0.1, -0.05) is 56.6 Å². The van der Waals surface area contributed by atoms with Gasteiger partial charge in [-0.3, -0.25) is 0 Å². The molecule has 0 aliphatic carbocycles. The summed E-state index contributed by atoms with van der Waals surface area (Å²) in [6.45, 7) is 12.4. The molecule has 2 aromatic carbocycles. The minimum absolute atomic E-state index is 0.170. The first-order chi connectivity index (χ1) is 14.9. The number of aromatic hydroxyl groups is 1. The number of benzene rings is 2. The number of carbonyl (C=O) groups is 1. The third-order valence-corrected chi connectivity index (χ3v) is 5.18. The molecule has 0 atom stereocenters. The Bertz CT molecular complexity index is 1010. The van der Waals surface area contributed by atoms with Gasteiger partial charge in [0.1, 0.15) is 22.5 Å². The first-order valence-electron chi connectivity index (χ1n) is 10.4. The van der Waals surface area contributed by atoms with Gasteiger partial charge in [-0.15, -0.1) is 0 Å². The summed E-state index contributed by atoms with van der Waals surface area (Å²) in [6, 6.07) is 11.6. The van der Waals surface area contributed by atoms with Crippen LogP contribution in [0.5, 0.6) is 11.5 Å². The first-order valence-corrected chi connectivity index (χ1v) is 10.8. The normalized spacial score (nSPS) is 10.6. The van der Waals surface area contributed by atoms with E-state index in [1.54, 1.807) is 42.5 Å². The molecule has 31 heavy (non-hydrogen) atoms. The molecule has 0 fully saturated rings. The van der Waals surface area contributed by atoms with Crippen LogP contribution in [0.3, 0.4) is 0 Å². The maximum atomic E-state index is 11.7. The number of para-hydroxylation sites is 1. The largest absolute Gasteiger partial charge is 0.505 e. The molecule has 1 heterocycles. The molecule has 6 nitrogen and oxygen atoms in total. The van der Waals surface area contributed by atoms with Crippen LogP contribution >= 0.6 is 11.6 Å². The maximum Gasteiger partial charge on any atom is 0.340 e. The van der Waals surface area contributed by atoms with Gasteiger partial charge < -0.3 is 19.8 Å². The van der Waals surface area contributed by atoms with Crippen LogP contribution in [-0.2, 0) is 0 Å². The minimum Gasteiger partial charge on any atom is -0.505 e. The SMILES string of the molecule is CCN(CC)CC.CCOc1cccc2c(C(=O)O)c(O)c(-c3ccc(Cl)cc3)nc12. The standard InChI is InChI=1S/C18H14ClNO4.C6H15N/c1-2-24-13-5-3-4-12-14(18(22)23)17(21)15(20-16(12)13)10-6-8-11(19)9-7-10;1-4-7(5-2)6-3/h3-9,21H,2H2,1H3,(H,22,23);4-6H2,1-3H3. The Morgan fingerprint density at radius 3 is 2.13 bits per heavy atom. The third-order valence-electron chi connectivity index (χ3n) is 4.93. The molecule has 0 aliphatic heterocycles. The van der Waals surface area contributed by atoms with Crippen molar-refractivity contribution in [3.8, 4) is 22.8 Å². The highest BCUT2D eigenvalue weighted by Crippen LogP contribution is 2.38. The molecule has 0 aliphatic rings. The zero-order chi connectivity index (χ0) is 23.0. The molecule has 0 saturated carbocycles. The number of carboxylic acid groups (broad SMARTS) is 1. The second-order valence-corrected chi connectivity index (χ2v) is 7.14. The zero-order valence-electron chi connectivity index (χ0n) is 18.4. The highest BCUT2D eigenvalue weighted by Gasteiger charge is 2.22. The van der Waals surface area contributed by atoms with Crippen molar-refractivity contribution in [2.24, 2.45) is 0 Å². The number of fused-ring (bicyclic) bond motifs is 1. The van der Waals surface area contributed by atoms with Gasteiger partial charge in [-0.25, -0.2) is 9.78 Å².